The van der Waals surface area contributed by atoms with Crippen LogP contribution in [-0.2, 0) is 9.59 Å². The number of amides is 2. The highest BCUT2D eigenvalue weighted by molar-refractivity contribution is 7.08. The molecule has 0 aliphatic rings. The number of rotatable bonds is 8. The predicted octanol–water partition coefficient (Wildman–Crippen LogP) is 1.58. The molecule has 116 valence electrons. The minimum Gasteiger partial charge on any atom is -0.481 e. The van der Waals surface area contributed by atoms with E-state index in [9.17, 15) is 14.4 Å². The van der Waals surface area contributed by atoms with Crippen LogP contribution in [-0.4, -0.2) is 46.9 Å². The molecule has 2 amide bonds. The van der Waals surface area contributed by atoms with Crippen molar-refractivity contribution in [3.05, 3.63) is 22.4 Å². The fourth-order valence-electron chi connectivity index (χ4n) is 1.81. The largest absolute Gasteiger partial charge is 0.481 e. The topological polar surface area (TPSA) is 86.7 Å². The summed E-state index contributed by atoms with van der Waals surface area (Å²) < 4.78 is 0. The number of carbonyl (C=O) groups is 3. The minimum atomic E-state index is -0.931. The number of carboxylic acid groups (broad SMARTS) is 1. The molecular formula is C14H20N2O4S. The van der Waals surface area contributed by atoms with Gasteiger partial charge in [-0.25, -0.2) is 0 Å². The Hall–Kier alpha value is -1.89. The van der Waals surface area contributed by atoms with Gasteiger partial charge >= 0.3 is 5.97 Å². The van der Waals surface area contributed by atoms with Gasteiger partial charge in [0.15, 0.2) is 0 Å². The lowest BCUT2D eigenvalue weighted by atomic mass is 10.2. The maximum atomic E-state index is 12.0. The van der Waals surface area contributed by atoms with Gasteiger partial charge in [-0.3, -0.25) is 14.4 Å². The van der Waals surface area contributed by atoms with Gasteiger partial charge < -0.3 is 15.3 Å². The molecule has 0 bridgehead atoms. The lowest BCUT2D eigenvalue weighted by Crippen LogP contribution is -2.40. The van der Waals surface area contributed by atoms with Crippen LogP contribution >= 0.6 is 11.3 Å². The van der Waals surface area contributed by atoms with Crippen LogP contribution in [0.1, 0.15) is 37.0 Å². The smallest absolute Gasteiger partial charge is 0.305 e. The van der Waals surface area contributed by atoms with E-state index in [0.29, 0.717) is 5.56 Å². The van der Waals surface area contributed by atoms with Crippen LogP contribution in [0.4, 0.5) is 0 Å². The summed E-state index contributed by atoms with van der Waals surface area (Å²) >= 11 is 1.43. The first kappa shape index (κ1) is 17.2. The summed E-state index contributed by atoms with van der Waals surface area (Å²) in [6, 6.07) is 1.65. The van der Waals surface area contributed by atoms with Gasteiger partial charge in [0.1, 0.15) is 0 Å². The molecule has 0 saturated heterocycles. The van der Waals surface area contributed by atoms with Crippen LogP contribution in [0.15, 0.2) is 16.8 Å². The number of hydrogen-bond donors (Lipinski definition) is 2. The number of hydrogen-bond acceptors (Lipinski definition) is 4. The van der Waals surface area contributed by atoms with E-state index < -0.39 is 5.97 Å². The molecule has 1 aromatic heterocycles. The Bertz CT molecular complexity index is 485. The normalized spacial score (nSPS) is 10.4. The lowest BCUT2D eigenvalue weighted by molar-refractivity contribution is -0.139. The summed E-state index contributed by atoms with van der Waals surface area (Å²) in [6.07, 6.45) is 0.0822. The third-order valence-electron chi connectivity index (χ3n) is 2.92. The van der Waals surface area contributed by atoms with Gasteiger partial charge in [-0.2, -0.15) is 11.3 Å². The Kier molecular flexibility index (Phi) is 6.87. The molecule has 1 aromatic rings. The molecule has 0 spiro atoms. The van der Waals surface area contributed by atoms with Crippen molar-refractivity contribution in [1.82, 2.24) is 10.2 Å². The zero-order valence-corrected chi connectivity index (χ0v) is 13.0. The van der Waals surface area contributed by atoms with E-state index in [1.807, 2.05) is 19.2 Å². The quantitative estimate of drug-likeness (QED) is 0.763. The van der Waals surface area contributed by atoms with Crippen LogP contribution in [0.3, 0.4) is 0 Å². The summed E-state index contributed by atoms with van der Waals surface area (Å²) in [6.45, 7) is 4.10. The lowest BCUT2D eigenvalue weighted by Gasteiger charge is -2.26. The first-order chi connectivity index (χ1) is 9.91. The second kappa shape index (κ2) is 8.41. The molecule has 0 saturated carbocycles. The van der Waals surface area contributed by atoms with Crippen molar-refractivity contribution in [3.8, 4) is 0 Å². The summed E-state index contributed by atoms with van der Waals surface area (Å²) in [5, 5.41) is 14.9. The molecule has 0 unspecified atom stereocenters. The van der Waals surface area contributed by atoms with Crippen molar-refractivity contribution in [2.45, 2.75) is 32.7 Å². The van der Waals surface area contributed by atoms with Crippen molar-refractivity contribution < 1.29 is 19.5 Å². The monoisotopic (exact) mass is 312 g/mol. The molecule has 0 aliphatic heterocycles. The highest BCUT2D eigenvalue weighted by Crippen LogP contribution is 2.06. The first-order valence-electron chi connectivity index (χ1n) is 6.73. The molecular weight excluding hydrogens is 292 g/mol. The summed E-state index contributed by atoms with van der Waals surface area (Å²) in [5.74, 6) is -1.29. The van der Waals surface area contributed by atoms with E-state index in [2.05, 4.69) is 5.32 Å². The van der Waals surface area contributed by atoms with Crippen LogP contribution in [0, 0.1) is 0 Å². The zero-order valence-electron chi connectivity index (χ0n) is 12.2. The standard InChI is InChI=1S/C14H20N2O4S/c1-10(2)16(7-4-13(18)19)12(17)3-6-15-14(20)11-5-8-21-9-11/h5,8-10H,3-4,6-7H2,1-2H3,(H,15,20)(H,18,19). The van der Waals surface area contributed by atoms with Crippen LogP contribution < -0.4 is 5.32 Å². The van der Waals surface area contributed by atoms with Gasteiger partial charge in [-0.1, -0.05) is 0 Å². The second-order valence-corrected chi connectivity index (χ2v) is 5.62. The average Bonchev–Trinajstić information content (AvgIpc) is 2.91. The predicted molar refractivity (Wildman–Crippen MR) is 80.4 cm³/mol. The Morgan fingerprint density at radius 1 is 1.33 bits per heavy atom. The summed E-state index contributed by atoms with van der Waals surface area (Å²) in [7, 11) is 0. The Morgan fingerprint density at radius 3 is 2.57 bits per heavy atom. The average molecular weight is 312 g/mol. The second-order valence-electron chi connectivity index (χ2n) is 4.84. The number of carbonyl (C=O) groups excluding carboxylic acids is 2. The number of aliphatic carboxylic acids is 1. The first-order valence-corrected chi connectivity index (χ1v) is 7.67. The van der Waals surface area contributed by atoms with Gasteiger partial charge in [0, 0.05) is 36.5 Å². The summed E-state index contributed by atoms with van der Waals surface area (Å²) in [5.41, 5.74) is 0.582. The maximum Gasteiger partial charge on any atom is 0.305 e. The van der Waals surface area contributed by atoms with Gasteiger partial charge in [0.25, 0.3) is 5.91 Å². The van der Waals surface area contributed by atoms with Crippen molar-refractivity contribution in [2.24, 2.45) is 0 Å². The maximum absolute atomic E-state index is 12.0. The van der Waals surface area contributed by atoms with E-state index in [4.69, 9.17) is 5.11 Å². The molecule has 1 heterocycles. The Labute approximate surface area is 127 Å². The molecule has 0 fully saturated rings. The van der Waals surface area contributed by atoms with Gasteiger partial charge in [-0.15, -0.1) is 0 Å². The van der Waals surface area contributed by atoms with E-state index in [-0.39, 0.29) is 43.8 Å². The van der Waals surface area contributed by atoms with E-state index in [1.54, 1.807) is 11.4 Å². The minimum absolute atomic E-state index is 0.0653. The van der Waals surface area contributed by atoms with Crippen LogP contribution in [0.25, 0.3) is 0 Å². The highest BCUT2D eigenvalue weighted by Gasteiger charge is 2.17. The number of thiophene rings is 1. The van der Waals surface area contributed by atoms with Gasteiger partial charge in [0.2, 0.25) is 5.91 Å². The van der Waals surface area contributed by atoms with E-state index >= 15 is 0 Å². The van der Waals surface area contributed by atoms with Crippen LogP contribution in [0.5, 0.6) is 0 Å². The SMILES string of the molecule is CC(C)N(CCC(=O)O)C(=O)CCNC(=O)c1ccsc1. The molecule has 6 nitrogen and oxygen atoms in total. The number of nitrogens with zero attached hydrogens (tertiary/aromatic N) is 1. The molecule has 0 atom stereocenters. The molecule has 0 aromatic carbocycles. The molecule has 2 N–H and O–H groups in total. The molecule has 0 aliphatic carbocycles. The van der Waals surface area contributed by atoms with Crippen molar-refractivity contribution in [1.29, 1.82) is 0 Å². The third-order valence-corrected chi connectivity index (χ3v) is 3.60. The number of carboxylic acids is 1. The third kappa shape index (κ3) is 5.95. The fraction of sp³-hybridized carbons (Fsp3) is 0.500. The molecule has 0 radical (unpaired) electrons. The highest BCUT2D eigenvalue weighted by atomic mass is 32.1. The van der Waals surface area contributed by atoms with Crippen molar-refractivity contribution in [3.63, 3.8) is 0 Å². The van der Waals surface area contributed by atoms with Crippen molar-refractivity contribution >= 4 is 29.1 Å². The van der Waals surface area contributed by atoms with Gasteiger partial charge in [-0.05, 0) is 25.3 Å². The van der Waals surface area contributed by atoms with Crippen molar-refractivity contribution in [2.75, 3.05) is 13.1 Å². The van der Waals surface area contributed by atoms with E-state index in [0.717, 1.165) is 0 Å². The van der Waals surface area contributed by atoms with Gasteiger partial charge in [0.05, 0.1) is 6.42 Å². The Morgan fingerprint density at radius 2 is 2.05 bits per heavy atom. The molecule has 21 heavy (non-hydrogen) atoms. The Balaban J connectivity index is 2.39. The molecule has 1 rings (SSSR count). The zero-order chi connectivity index (χ0) is 15.8. The fourth-order valence-corrected chi connectivity index (χ4v) is 2.45. The van der Waals surface area contributed by atoms with E-state index in [1.165, 1.54) is 16.2 Å². The number of nitrogens with one attached hydrogen (secondary N) is 1. The van der Waals surface area contributed by atoms with Crippen LogP contribution in [0.2, 0.25) is 0 Å². The summed E-state index contributed by atoms with van der Waals surface area (Å²) in [4.78, 5) is 35.9. The molecule has 7 heteroatoms.